The number of hydrogen-bond donors (Lipinski definition) is 2. The maximum atomic E-state index is 13.0. The van der Waals surface area contributed by atoms with Crippen LogP contribution in [0.2, 0.25) is 0 Å². The Morgan fingerprint density at radius 3 is 2.68 bits per heavy atom. The lowest BCUT2D eigenvalue weighted by molar-refractivity contribution is 0.0942. The van der Waals surface area contributed by atoms with Crippen LogP contribution in [0.5, 0.6) is 0 Å². The van der Waals surface area contributed by atoms with Crippen molar-refractivity contribution in [3.63, 3.8) is 0 Å². The molecular formula is C14H18F2N2O. The Kier molecular flexibility index (Phi) is 4.47. The van der Waals surface area contributed by atoms with E-state index in [1.165, 1.54) is 0 Å². The van der Waals surface area contributed by atoms with E-state index in [9.17, 15) is 13.6 Å². The van der Waals surface area contributed by atoms with Gasteiger partial charge in [0, 0.05) is 24.2 Å². The van der Waals surface area contributed by atoms with Gasteiger partial charge in [-0.3, -0.25) is 4.79 Å². The highest BCUT2D eigenvalue weighted by atomic mass is 19.1. The first-order chi connectivity index (χ1) is 9.06. The molecule has 1 amide bonds. The Balaban J connectivity index is 1.93. The van der Waals surface area contributed by atoms with E-state index < -0.39 is 17.5 Å². The van der Waals surface area contributed by atoms with Gasteiger partial charge < -0.3 is 10.6 Å². The van der Waals surface area contributed by atoms with E-state index in [0.717, 1.165) is 37.6 Å². The summed E-state index contributed by atoms with van der Waals surface area (Å²) in [6.07, 6.45) is 2.27. The Morgan fingerprint density at radius 2 is 2.05 bits per heavy atom. The monoisotopic (exact) mass is 268 g/mol. The van der Waals surface area contributed by atoms with Crippen molar-refractivity contribution >= 4 is 5.91 Å². The van der Waals surface area contributed by atoms with Crippen LogP contribution >= 0.6 is 0 Å². The summed E-state index contributed by atoms with van der Waals surface area (Å²) >= 11 is 0. The average Bonchev–Trinajstić information content (AvgIpc) is 2.36. The first kappa shape index (κ1) is 13.9. The van der Waals surface area contributed by atoms with Crippen LogP contribution in [0.25, 0.3) is 0 Å². The van der Waals surface area contributed by atoms with Gasteiger partial charge >= 0.3 is 0 Å². The van der Waals surface area contributed by atoms with Gasteiger partial charge in [0.15, 0.2) is 0 Å². The highest BCUT2D eigenvalue weighted by Crippen LogP contribution is 2.15. The van der Waals surface area contributed by atoms with Gasteiger partial charge in [0.25, 0.3) is 5.91 Å². The van der Waals surface area contributed by atoms with Crippen LogP contribution in [0.15, 0.2) is 18.2 Å². The van der Waals surface area contributed by atoms with Gasteiger partial charge in [-0.15, -0.1) is 0 Å². The molecule has 0 spiro atoms. The molecule has 0 radical (unpaired) electrons. The van der Waals surface area contributed by atoms with Crippen LogP contribution in [-0.4, -0.2) is 25.0 Å². The fourth-order valence-corrected chi connectivity index (χ4v) is 2.38. The average molecular weight is 268 g/mol. The van der Waals surface area contributed by atoms with Gasteiger partial charge in [0.2, 0.25) is 0 Å². The zero-order chi connectivity index (χ0) is 13.8. The molecule has 1 saturated heterocycles. The number of nitrogens with one attached hydrogen (secondary N) is 2. The maximum Gasteiger partial charge on any atom is 0.251 e. The summed E-state index contributed by atoms with van der Waals surface area (Å²) < 4.78 is 26.0. The third-order valence-electron chi connectivity index (χ3n) is 3.54. The van der Waals surface area contributed by atoms with Gasteiger partial charge in [0.1, 0.15) is 11.6 Å². The molecule has 1 aliphatic rings. The predicted molar refractivity (Wildman–Crippen MR) is 68.9 cm³/mol. The normalized spacial score (nSPS) is 23.1. The summed E-state index contributed by atoms with van der Waals surface area (Å²) in [5.41, 5.74) is 0.0148. The van der Waals surface area contributed by atoms with Crippen LogP contribution in [0, 0.1) is 17.6 Å². The number of halogens is 2. The molecule has 1 aliphatic heterocycles. The van der Waals surface area contributed by atoms with Crippen LogP contribution in [-0.2, 0) is 0 Å². The molecule has 0 aromatic heterocycles. The number of amides is 1. The molecular weight excluding hydrogens is 250 g/mol. The van der Waals surface area contributed by atoms with E-state index in [2.05, 4.69) is 17.6 Å². The summed E-state index contributed by atoms with van der Waals surface area (Å²) in [5, 5.41) is 6.05. The minimum atomic E-state index is -0.741. The largest absolute Gasteiger partial charge is 0.350 e. The van der Waals surface area contributed by atoms with Crippen LogP contribution in [0.3, 0.4) is 0 Å². The fraction of sp³-hybridized carbons (Fsp3) is 0.500. The molecule has 5 heteroatoms. The molecule has 19 heavy (non-hydrogen) atoms. The molecule has 2 unspecified atom stereocenters. The standard InChI is InChI=1S/C14H18F2N2O/c1-9-3-2-4-17-13(9)8-18-14(19)10-5-11(15)7-12(16)6-10/h5-7,9,13,17H,2-4,8H2,1H3,(H,18,19). The van der Waals surface area contributed by atoms with Crippen molar-refractivity contribution < 1.29 is 13.6 Å². The van der Waals surface area contributed by atoms with Gasteiger partial charge in [-0.05, 0) is 37.4 Å². The van der Waals surface area contributed by atoms with Crippen molar-refractivity contribution in [2.75, 3.05) is 13.1 Å². The lowest BCUT2D eigenvalue weighted by Gasteiger charge is -2.30. The van der Waals surface area contributed by atoms with Crippen LogP contribution in [0.1, 0.15) is 30.1 Å². The van der Waals surface area contributed by atoms with E-state index in [0.29, 0.717) is 12.5 Å². The van der Waals surface area contributed by atoms with E-state index in [-0.39, 0.29) is 11.6 Å². The maximum absolute atomic E-state index is 13.0. The summed E-state index contributed by atoms with van der Waals surface area (Å²) in [6.45, 7) is 3.54. The van der Waals surface area contributed by atoms with Crippen molar-refractivity contribution in [2.45, 2.75) is 25.8 Å². The highest BCUT2D eigenvalue weighted by molar-refractivity contribution is 5.94. The van der Waals surface area contributed by atoms with Gasteiger partial charge in [-0.2, -0.15) is 0 Å². The number of rotatable bonds is 3. The van der Waals surface area contributed by atoms with E-state index in [1.54, 1.807) is 0 Å². The lowest BCUT2D eigenvalue weighted by atomic mass is 9.93. The van der Waals surface area contributed by atoms with Crippen molar-refractivity contribution in [2.24, 2.45) is 5.92 Å². The molecule has 1 heterocycles. The first-order valence-electron chi connectivity index (χ1n) is 6.54. The molecule has 0 aliphatic carbocycles. The third-order valence-corrected chi connectivity index (χ3v) is 3.54. The zero-order valence-electron chi connectivity index (χ0n) is 10.9. The Labute approximate surface area is 111 Å². The quantitative estimate of drug-likeness (QED) is 0.881. The second-order valence-electron chi connectivity index (χ2n) is 5.05. The van der Waals surface area contributed by atoms with E-state index >= 15 is 0 Å². The SMILES string of the molecule is CC1CCCNC1CNC(=O)c1cc(F)cc(F)c1. The Hall–Kier alpha value is -1.49. The molecule has 0 saturated carbocycles. The minimum absolute atomic E-state index is 0.0148. The molecule has 1 fully saturated rings. The molecule has 1 aromatic carbocycles. The van der Waals surface area contributed by atoms with Gasteiger partial charge in [0.05, 0.1) is 0 Å². The van der Waals surface area contributed by atoms with Gasteiger partial charge in [-0.1, -0.05) is 6.92 Å². The smallest absolute Gasteiger partial charge is 0.251 e. The molecule has 104 valence electrons. The number of hydrogen-bond acceptors (Lipinski definition) is 2. The first-order valence-corrected chi connectivity index (χ1v) is 6.54. The summed E-state index contributed by atoms with van der Waals surface area (Å²) in [7, 11) is 0. The van der Waals surface area contributed by atoms with Crippen LogP contribution < -0.4 is 10.6 Å². The predicted octanol–water partition coefficient (Wildman–Crippen LogP) is 2.08. The third kappa shape index (κ3) is 3.73. The number of carbonyl (C=O) groups is 1. The topological polar surface area (TPSA) is 41.1 Å². The van der Waals surface area contributed by atoms with E-state index in [4.69, 9.17) is 0 Å². The molecule has 2 rings (SSSR count). The summed E-state index contributed by atoms with van der Waals surface area (Å²) in [4.78, 5) is 11.8. The second kappa shape index (κ2) is 6.10. The number of benzene rings is 1. The molecule has 2 atom stereocenters. The fourth-order valence-electron chi connectivity index (χ4n) is 2.38. The van der Waals surface area contributed by atoms with Crippen molar-refractivity contribution in [1.82, 2.24) is 10.6 Å². The summed E-state index contributed by atoms with van der Waals surface area (Å²) in [6, 6.07) is 3.05. The molecule has 2 N–H and O–H groups in total. The summed E-state index contributed by atoms with van der Waals surface area (Å²) in [5.74, 6) is -1.44. The van der Waals surface area contributed by atoms with Crippen molar-refractivity contribution in [3.05, 3.63) is 35.4 Å². The van der Waals surface area contributed by atoms with Crippen molar-refractivity contribution in [1.29, 1.82) is 0 Å². The van der Waals surface area contributed by atoms with E-state index in [1.807, 2.05) is 0 Å². The minimum Gasteiger partial charge on any atom is -0.350 e. The molecule has 0 bridgehead atoms. The second-order valence-corrected chi connectivity index (χ2v) is 5.05. The number of carbonyl (C=O) groups excluding carboxylic acids is 1. The lowest BCUT2D eigenvalue weighted by Crippen LogP contribution is -2.47. The van der Waals surface area contributed by atoms with Crippen molar-refractivity contribution in [3.8, 4) is 0 Å². The van der Waals surface area contributed by atoms with Crippen LogP contribution in [0.4, 0.5) is 8.78 Å². The van der Waals surface area contributed by atoms with Gasteiger partial charge in [-0.25, -0.2) is 8.78 Å². The number of piperidine rings is 1. The Bertz CT molecular complexity index is 445. The Morgan fingerprint density at radius 1 is 1.37 bits per heavy atom. The highest BCUT2D eigenvalue weighted by Gasteiger charge is 2.21. The molecule has 1 aromatic rings. The molecule has 3 nitrogen and oxygen atoms in total. The zero-order valence-corrected chi connectivity index (χ0v) is 10.9.